The Balaban J connectivity index is 2.25. The Kier molecular flexibility index (Phi) is 3.37. The van der Waals surface area contributed by atoms with Crippen LogP contribution in [0.15, 0.2) is 22.7 Å². The first-order valence-corrected chi connectivity index (χ1v) is 7.41. The molecule has 18 heavy (non-hydrogen) atoms. The zero-order valence-corrected chi connectivity index (χ0v) is 11.4. The number of nitrogens with one attached hydrogen (secondary N) is 1. The molecule has 0 amide bonds. The molecule has 1 unspecified atom stereocenters. The number of thiazole rings is 1. The normalized spacial score (nSPS) is 13.5. The predicted molar refractivity (Wildman–Crippen MR) is 66.8 cm³/mol. The van der Waals surface area contributed by atoms with E-state index in [0.717, 1.165) is 11.3 Å². The molecule has 0 fully saturated rings. The number of rotatable bonds is 4. The Labute approximate surface area is 108 Å². The second kappa shape index (κ2) is 4.67. The van der Waals surface area contributed by atoms with Crippen LogP contribution in [0.1, 0.15) is 18.7 Å². The van der Waals surface area contributed by atoms with Crippen LogP contribution in [0.25, 0.3) is 0 Å². The first kappa shape index (κ1) is 13.0. The summed E-state index contributed by atoms with van der Waals surface area (Å²) in [5, 5.41) is 15.0. The minimum Gasteiger partial charge on any atom is -0.387 e. The van der Waals surface area contributed by atoms with Crippen LogP contribution in [-0.2, 0) is 17.1 Å². The van der Waals surface area contributed by atoms with Crippen molar-refractivity contribution in [1.29, 1.82) is 0 Å². The predicted octanol–water partition coefficient (Wildman–Crippen LogP) is 0.731. The molecule has 0 saturated carbocycles. The van der Waals surface area contributed by atoms with Crippen LogP contribution in [0.3, 0.4) is 0 Å². The fourth-order valence-corrected chi connectivity index (χ4v) is 3.49. The summed E-state index contributed by atoms with van der Waals surface area (Å²) >= 11 is 1.12. The van der Waals surface area contributed by atoms with Gasteiger partial charge in [-0.05, 0) is 13.0 Å². The van der Waals surface area contributed by atoms with Gasteiger partial charge in [0.1, 0.15) is 0 Å². The second-order valence-electron chi connectivity index (χ2n) is 3.65. The van der Waals surface area contributed by atoms with Gasteiger partial charge in [0, 0.05) is 12.4 Å². The molecule has 1 atom stereocenters. The van der Waals surface area contributed by atoms with E-state index >= 15 is 0 Å². The number of aromatic nitrogens is 3. The molecule has 0 aliphatic carbocycles. The lowest BCUT2D eigenvalue weighted by molar-refractivity contribution is 0.195. The molecule has 2 N–H and O–H groups in total. The number of aliphatic hydroxyl groups excluding tert-OH is 1. The molecule has 0 bridgehead atoms. The molecule has 98 valence electrons. The third-order valence-corrected chi connectivity index (χ3v) is 4.54. The van der Waals surface area contributed by atoms with Gasteiger partial charge in [-0.25, -0.2) is 4.98 Å². The molecule has 2 rings (SSSR count). The van der Waals surface area contributed by atoms with Crippen molar-refractivity contribution in [3.63, 3.8) is 0 Å². The maximum atomic E-state index is 12.0. The van der Waals surface area contributed by atoms with Gasteiger partial charge in [0.15, 0.2) is 10.2 Å². The van der Waals surface area contributed by atoms with Gasteiger partial charge in [0.05, 0.1) is 18.0 Å². The zero-order chi connectivity index (χ0) is 13.3. The van der Waals surface area contributed by atoms with Crippen molar-refractivity contribution in [2.24, 2.45) is 7.05 Å². The molecular formula is C9H12N4O3S2. The summed E-state index contributed by atoms with van der Waals surface area (Å²) in [6.45, 7) is 1.56. The topological polar surface area (TPSA) is 97.1 Å². The summed E-state index contributed by atoms with van der Waals surface area (Å²) in [6.07, 6.45) is 0.675. The number of aryl methyl sites for hydroxylation is 1. The lowest BCUT2D eigenvalue weighted by Gasteiger charge is -2.04. The first-order chi connectivity index (χ1) is 8.40. The molecule has 0 radical (unpaired) electrons. The van der Waals surface area contributed by atoms with Gasteiger partial charge < -0.3 is 5.11 Å². The van der Waals surface area contributed by atoms with Crippen LogP contribution in [0.4, 0.5) is 5.13 Å². The largest absolute Gasteiger partial charge is 0.387 e. The first-order valence-electron chi connectivity index (χ1n) is 5.04. The summed E-state index contributed by atoms with van der Waals surface area (Å²) < 4.78 is 27.6. The third-order valence-electron chi connectivity index (χ3n) is 2.22. The molecule has 2 aromatic heterocycles. The Morgan fingerprint density at radius 2 is 2.28 bits per heavy atom. The Morgan fingerprint density at radius 1 is 1.56 bits per heavy atom. The van der Waals surface area contributed by atoms with Gasteiger partial charge in [-0.15, -0.1) is 11.3 Å². The van der Waals surface area contributed by atoms with E-state index in [0.29, 0.717) is 5.69 Å². The fraction of sp³-hybridized carbons (Fsp3) is 0.333. The Bertz CT molecular complexity index is 644. The van der Waals surface area contributed by atoms with E-state index in [-0.39, 0.29) is 10.2 Å². The smallest absolute Gasteiger partial charge is 0.280 e. The van der Waals surface area contributed by atoms with Gasteiger partial charge >= 0.3 is 0 Å². The van der Waals surface area contributed by atoms with Crippen LogP contribution in [-0.4, -0.2) is 28.3 Å². The molecule has 2 heterocycles. The van der Waals surface area contributed by atoms with Crippen molar-refractivity contribution in [1.82, 2.24) is 14.8 Å². The average molecular weight is 288 g/mol. The van der Waals surface area contributed by atoms with Crippen molar-refractivity contribution in [2.45, 2.75) is 18.1 Å². The van der Waals surface area contributed by atoms with Crippen molar-refractivity contribution in [3.8, 4) is 0 Å². The summed E-state index contributed by atoms with van der Waals surface area (Å²) in [4.78, 5) is 3.98. The van der Waals surface area contributed by atoms with E-state index in [9.17, 15) is 13.5 Å². The molecule has 0 saturated heterocycles. The lowest BCUT2D eigenvalue weighted by atomic mass is 10.3. The highest BCUT2D eigenvalue weighted by Gasteiger charge is 2.20. The number of hydrogen-bond acceptors (Lipinski definition) is 6. The second-order valence-corrected chi connectivity index (χ2v) is 6.14. The molecule has 0 aliphatic heterocycles. The average Bonchev–Trinajstić information content (AvgIpc) is 2.86. The zero-order valence-electron chi connectivity index (χ0n) is 9.73. The maximum Gasteiger partial charge on any atom is 0.280 e. The van der Waals surface area contributed by atoms with Gasteiger partial charge in [0.25, 0.3) is 10.0 Å². The number of nitrogens with zero attached hydrogens (tertiary/aromatic N) is 3. The molecular weight excluding hydrogens is 276 g/mol. The highest BCUT2D eigenvalue weighted by molar-refractivity contribution is 7.92. The minimum atomic E-state index is -3.70. The molecule has 0 aromatic carbocycles. The standard InChI is InChI=1S/C9H12N4O3S2/c1-6(14)7-5-17-9(11-7)12-18(15,16)8-3-4-10-13(8)2/h3-6,14H,1-2H3,(H,11,12). The monoisotopic (exact) mass is 288 g/mol. The number of hydrogen-bond donors (Lipinski definition) is 2. The van der Waals surface area contributed by atoms with Crippen LogP contribution in [0, 0.1) is 0 Å². The SMILES string of the molecule is CC(O)c1csc(NS(=O)(=O)c2ccnn2C)n1. The van der Waals surface area contributed by atoms with Crippen LogP contribution < -0.4 is 4.72 Å². The number of aliphatic hydroxyl groups is 1. The van der Waals surface area contributed by atoms with Gasteiger partial charge in [-0.3, -0.25) is 9.40 Å². The Hall–Kier alpha value is -1.45. The quantitative estimate of drug-likeness (QED) is 0.864. The van der Waals surface area contributed by atoms with Crippen molar-refractivity contribution >= 4 is 26.5 Å². The lowest BCUT2D eigenvalue weighted by Crippen LogP contribution is -2.16. The van der Waals surface area contributed by atoms with E-state index in [2.05, 4.69) is 14.8 Å². The highest BCUT2D eigenvalue weighted by Crippen LogP contribution is 2.22. The van der Waals surface area contributed by atoms with Crippen molar-refractivity contribution < 1.29 is 13.5 Å². The van der Waals surface area contributed by atoms with Crippen LogP contribution in [0.5, 0.6) is 0 Å². The fourth-order valence-electron chi connectivity index (χ4n) is 1.32. The maximum absolute atomic E-state index is 12.0. The molecule has 7 nitrogen and oxygen atoms in total. The summed E-state index contributed by atoms with van der Waals surface area (Å²) in [5.74, 6) is 0. The molecule has 0 aliphatic rings. The number of anilines is 1. The summed E-state index contributed by atoms with van der Waals surface area (Å²) in [5.41, 5.74) is 0.433. The van der Waals surface area contributed by atoms with E-state index in [1.807, 2.05) is 0 Å². The van der Waals surface area contributed by atoms with Crippen LogP contribution in [0.2, 0.25) is 0 Å². The summed E-state index contributed by atoms with van der Waals surface area (Å²) in [6, 6.07) is 1.39. The summed E-state index contributed by atoms with van der Waals surface area (Å²) in [7, 11) is -2.16. The van der Waals surface area contributed by atoms with Crippen molar-refractivity contribution in [2.75, 3.05) is 4.72 Å². The number of sulfonamides is 1. The Morgan fingerprint density at radius 3 is 2.78 bits per heavy atom. The molecule has 9 heteroatoms. The van der Waals surface area contributed by atoms with E-state index in [1.165, 1.54) is 24.0 Å². The molecule has 2 aromatic rings. The minimum absolute atomic E-state index is 0.0521. The van der Waals surface area contributed by atoms with Crippen LogP contribution >= 0.6 is 11.3 Å². The van der Waals surface area contributed by atoms with Crippen molar-refractivity contribution in [3.05, 3.63) is 23.3 Å². The van der Waals surface area contributed by atoms with E-state index < -0.39 is 16.1 Å². The van der Waals surface area contributed by atoms with E-state index in [1.54, 1.807) is 12.3 Å². The van der Waals surface area contributed by atoms with E-state index in [4.69, 9.17) is 0 Å². The van der Waals surface area contributed by atoms with Gasteiger partial charge in [-0.1, -0.05) is 0 Å². The third kappa shape index (κ3) is 2.52. The van der Waals surface area contributed by atoms with Gasteiger partial charge in [-0.2, -0.15) is 13.5 Å². The highest BCUT2D eigenvalue weighted by atomic mass is 32.2. The van der Waals surface area contributed by atoms with Gasteiger partial charge in [0.2, 0.25) is 0 Å². The molecule has 0 spiro atoms.